The van der Waals surface area contributed by atoms with E-state index in [-0.39, 0.29) is 30.5 Å². The predicted octanol–water partition coefficient (Wildman–Crippen LogP) is 0.0762. The van der Waals surface area contributed by atoms with E-state index >= 15 is 0 Å². The number of halogens is 2. The van der Waals surface area contributed by atoms with Crippen molar-refractivity contribution in [2.75, 3.05) is 36.4 Å². The first-order valence-corrected chi connectivity index (χ1v) is 12.5. The van der Waals surface area contributed by atoms with E-state index < -0.39 is 72.4 Å². The van der Waals surface area contributed by atoms with Gasteiger partial charge in [0, 0.05) is 58.7 Å². The second-order valence-corrected chi connectivity index (χ2v) is 8.89. The Morgan fingerprint density at radius 1 is 0.895 bits per heavy atom. The lowest BCUT2D eigenvalue weighted by Crippen LogP contribution is -2.61. The number of carbonyl (C=O) groups is 4. The summed E-state index contributed by atoms with van der Waals surface area (Å²) in [6, 6.07) is 0. The van der Waals surface area contributed by atoms with E-state index in [9.17, 15) is 28.8 Å². The van der Waals surface area contributed by atoms with Gasteiger partial charge in [0.15, 0.2) is 24.5 Å². The van der Waals surface area contributed by atoms with Crippen LogP contribution in [0.2, 0.25) is 0 Å². The number of anilines is 1. The molecule has 0 spiro atoms. The van der Waals surface area contributed by atoms with Crippen LogP contribution in [0.5, 0.6) is 0 Å². The van der Waals surface area contributed by atoms with Gasteiger partial charge in [0.2, 0.25) is 0 Å². The third kappa shape index (κ3) is 8.20. The van der Waals surface area contributed by atoms with Gasteiger partial charge < -0.3 is 28.6 Å². The fourth-order valence-electron chi connectivity index (χ4n) is 3.88. The topological polar surface area (TPSA) is 173 Å². The molecule has 38 heavy (non-hydrogen) atoms. The van der Waals surface area contributed by atoms with E-state index in [4.69, 9.17) is 46.9 Å². The molecule has 0 saturated carbocycles. The van der Waals surface area contributed by atoms with Crippen molar-refractivity contribution in [2.45, 2.75) is 58.3 Å². The first-order chi connectivity index (χ1) is 17.9. The maximum atomic E-state index is 13.0. The first-order valence-electron chi connectivity index (χ1n) is 11.4. The van der Waals surface area contributed by atoms with Crippen LogP contribution in [-0.4, -0.2) is 89.3 Å². The van der Waals surface area contributed by atoms with Crippen LogP contribution in [0.15, 0.2) is 15.8 Å². The maximum absolute atomic E-state index is 13.0. The molecule has 0 aliphatic carbocycles. The number of hydrogen-bond donors (Lipinski definition) is 1. The van der Waals surface area contributed by atoms with Crippen LogP contribution in [0.4, 0.5) is 5.69 Å². The highest BCUT2D eigenvalue weighted by Crippen LogP contribution is 2.34. The summed E-state index contributed by atoms with van der Waals surface area (Å²) >= 11 is 11.7. The molecule has 16 heteroatoms. The zero-order valence-electron chi connectivity index (χ0n) is 21.1. The molecule has 1 aromatic heterocycles. The highest BCUT2D eigenvalue weighted by molar-refractivity contribution is 6.18. The second kappa shape index (κ2) is 14.2. The summed E-state index contributed by atoms with van der Waals surface area (Å²) in [4.78, 5) is 76.8. The van der Waals surface area contributed by atoms with Crippen molar-refractivity contribution in [3.63, 3.8) is 0 Å². The number of aromatic nitrogens is 2. The van der Waals surface area contributed by atoms with Gasteiger partial charge in [-0.05, 0) is 0 Å². The van der Waals surface area contributed by atoms with Gasteiger partial charge in [-0.2, -0.15) is 0 Å². The number of alkyl halides is 2. The fourth-order valence-corrected chi connectivity index (χ4v) is 4.28. The number of rotatable bonds is 11. The molecule has 1 aliphatic heterocycles. The summed E-state index contributed by atoms with van der Waals surface area (Å²) in [7, 11) is 0. The van der Waals surface area contributed by atoms with Gasteiger partial charge in [-0.1, -0.05) is 0 Å². The van der Waals surface area contributed by atoms with Crippen molar-refractivity contribution in [3.8, 4) is 0 Å². The van der Waals surface area contributed by atoms with E-state index in [1.165, 1.54) is 4.90 Å². The zero-order chi connectivity index (χ0) is 28.6. The molecule has 1 saturated heterocycles. The Morgan fingerprint density at radius 2 is 1.42 bits per heavy atom. The minimum absolute atomic E-state index is 0.00115. The van der Waals surface area contributed by atoms with Crippen LogP contribution in [0, 0.1) is 0 Å². The molecule has 2 rings (SSSR count). The Labute approximate surface area is 227 Å². The van der Waals surface area contributed by atoms with Crippen LogP contribution in [0.25, 0.3) is 0 Å². The molecular weight excluding hydrogens is 553 g/mol. The lowest BCUT2D eigenvalue weighted by molar-refractivity contribution is -0.269. The van der Waals surface area contributed by atoms with Crippen molar-refractivity contribution in [3.05, 3.63) is 27.0 Å². The summed E-state index contributed by atoms with van der Waals surface area (Å²) in [5.41, 5.74) is -1.71. The molecule has 1 fully saturated rings. The van der Waals surface area contributed by atoms with Crippen LogP contribution in [0.1, 0.15) is 33.9 Å². The number of ether oxygens (including phenoxy) is 5. The van der Waals surface area contributed by atoms with Gasteiger partial charge in [-0.25, -0.2) is 4.79 Å². The van der Waals surface area contributed by atoms with E-state index in [2.05, 4.69) is 4.98 Å². The molecule has 0 bridgehead atoms. The van der Waals surface area contributed by atoms with Crippen molar-refractivity contribution >= 4 is 52.8 Å². The van der Waals surface area contributed by atoms with Gasteiger partial charge in [0.05, 0.1) is 0 Å². The van der Waals surface area contributed by atoms with E-state index in [1.807, 2.05) is 0 Å². The van der Waals surface area contributed by atoms with Gasteiger partial charge >= 0.3 is 29.6 Å². The highest BCUT2D eigenvalue weighted by atomic mass is 35.5. The number of H-pyrrole nitrogens is 1. The largest absolute Gasteiger partial charge is 0.463 e. The van der Waals surface area contributed by atoms with Crippen molar-refractivity contribution in [2.24, 2.45) is 0 Å². The summed E-state index contributed by atoms with van der Waals surface area (Å²) in [5.74, 6) is -2.90. The summed E-state index contributed by atoms with van der Waals surface area (Å²) < 4.78 is 28.0. The Hall–Kier alpha value is -3.10. The van der Waals surface area contributed by atoms with Crippen LogP contribution < -0.4 is 16.1 Å². The molecule has 1 aliphatic rings. The third-order valence-corrected chi connectivity index (χ3v) is 5.58. The van der Waals surface area contributed by atoms with Crippen LogP contribution >= 0.6 is 23.2 Å². The Kier molecular flexibility index (Phi) is 11.6. The quantitative estimate of drug-likeness (QED) is 0.212. The molecule has 0 aromatic carbocycles. The minimum Gasteiger partial charge on any atom is -0.463 e. The Bertz CT molecular complexity index is 1130. The molecule has 1 N–H and O–H groups in total. The lowest BCUT2D eigenvalue weighted by Gasteiger charge is -2.44. The monoisotopic (exact) mass is 581 g/mol. The van der Waals surface area contributed by atoms with E-state index in [1.54, 1.807) is 0 Å². The normalized spacial score (nSPS) is 22.7. The molecule has 14 nitrogen and oxygen atoms in total. The molecule has 5 atom stereocenters. The number of esters is 4. The number of hydrogen-bond acceptors (Lipinski definition) is 12. The standard InChI is InChI=1S/C22H29Cl2N3O11/c1-11(28)34-10-16-17(35-12(2)29)18(36-13(3)30)19(37-14(4)31)21(38-16)27-9-15(20(32)25-22(27)33)26(7-5-23)8-6-24/h9,16-19,21H,5-8,10H2,1-4H3,(H,25,32,33)/t16-,17+,18-,19+,21-/m0/s1. The van der Waals surface area contributed by atoms with Crippen molar-refractivity contribution in [1.29, 1.82) is 0 Å². The van der Waals surface area contributed by atoms with Crippen molar-refractivity contribution in [1.82, 2.24) is 9.55 Å². The molecule has 0 amide bonds. The molecule has 2 heterocycles. The predicted molar refractivity (Wildman–Crippen MR) is 132 cm³/mol. The second-order valence-electron chi connectivity index (χ2n) is 8.14. The average molecular weight is 582 g/mol. The highest BCUT2D eigenvalue weighted by Gasteiger charge is 2.53. The smallest absolute Gasteiger partial charge is 0.330 e. The van der Waals surface area contributed by atoms with Gasteiger partial charge in [-0.15, -0.1) is 23.2 Å². The minimum atomic E-state index is -1.54. The van der Waals surface area contributed by atoms with Gasteiger partial charge in [-0.3, -0.25) is 33.5 Å². The molecule has 0 radical (unpaired) electrons. The zero-order valence-corrected chi connectivity index (χ0v) is 22.7. The molecule has 0 unspecified atom stereocenters. The Balaban J connectivity index is 2.73. The van der Waals surface area contributed by atoms with Gasteiger partial charge in [0.1, 0.15) is 18.4 Å². The third-order valence-electron chi connectivity index (χ3n) is 5.24. The molecular formula is C22H29Cl2N3O11. The summed E-state index contributed by atoms with van der Waals surface area (Å²) in [5, 5.41) is 0. The molecule has 1 aromatic rings. The van der Waals surface area contributed by atoms with Crippen LogP contribution in [0.3, 0.4) is 0 Å². The van der Waals surface area contributed by atoms with E-state index in [0.29, 0.717) is 0 Å². The fraction of sp³-hybridized carbons (Fsp3) is 0.636. The number of nitrogens with zero attached hydrogens (tertiary/aromatic N) is 2. The summed E-state index contributed by atoms with van der Waals surface area (Å²) in [6.07, 6.45) is -6.11. The number of nitrogens with one attached hydrogen (secondary N) is 1. The SMILES string of the molecule is CC(=O)OC[C@@H]1O[C@H](n2cc(N(CCCl)CCCl)c(=O)[nH]c2=O)[C@H](OC(C)=O)[C@@H](OC(C)=O)[C@@H]1OC(C)=O. The van der Waals surface area contributed by atoms with E-state index in [0.717, 1.165) is 38.5 Å². The van der Waals surface area contributed by atoms with Crippen LogP contribution in [-0.2, 0) is 42.9 Å². The first kappa shape index (κ1) is 31.1. The molecule has 212 valence electrons. The average Bonchev–Trinajstić information content (AvgIpc) is 2.80. The van der Waals surface area contributed by atoms with Gasteiger partial charge in [0.25, 0.3) is 5.56 Å². The summed E-state index contributed by atoms with van der Waals surface area (Å²) in [6.45, 7) is 4.28. The Morgan fingerprint density at radius 3 is 1.92 bits per heavy atom. The number of carbonyl (C=O) groups excluding carboxylic acids is 4. The number of aromatic amines is 1. The lowest BCUT2D eigenvalue weighted by atomic mass is 9.97. The maximum Gasteiger partial charge on any atom is 0.330 e. The van der Waals surface area contributed by atoms with Crippen molar-refractivity contribution < 1.29 is 42.9 Å².